The zero-order chi connectivity index (χ0) is 11.8. The van der Waals surface area contributed by atoms with Crippen LogP contribution in [0.4, 0.5) is 0 Å². The Kier molecular flexibility index (Phi) is 6.50. The molecule has 0 bridgehead atoms. The highest BCUT2D eigenvalue weighted by Crippen LogP contribution is 2.25. The molecule has 1 rings (SSSR count). The van der Waals surface area contributed by atoms with Gasteiger partial charge >= 0.3 is 0 Å². The normalized spacial score (nSPS) is 10.4. The van der Waals surface area contributed by atoms with Crippen molar-refractivity contribution in [3.05, 3.63) is 28.2 Å². The van der Waals surface area contributed by atoms with E-state index in [0.717, 1.165) is 36.3 Å². The summed E-state index contributed by atoms with van der Waals surface area (Å²) in [5, 5.41) is 3.35. The van der Waals surface area contributed by atoms with Crippen LogP contribution in [-0.2, 0) is 0 Å². The van der Waals surface area contributed by atoms with Crippen LogP contribution >= 0.6 is 15.9 Å². The van der Waals surface area contributed by atoms with Gasteiger partial charge in [0.25, 0.3) is 0 Å². The van der Waals surface area contributed by atoms with E-state index in [0.29, 0.717) is 0 Å². The molecule has 1 aromatic carbocycles. The Hall–Kier alpha value is -0.540. The van der Waals surface area contributed by atoms with Gasteiger partial charge in [-0.15, -0.1) is 0 Å². The van der Waals surface area contributed by atoms with Crippen LogP contribution in [-0.4, -0.2) is 19.7 Å². The zero-order valence-electron chi connectivity index (χ0n) is 10.1. The van der Waals surface area contributed by atoms with Crippen molar-refractivity contribution in [2.24, 2.45) is 0 Å². The van der Waals surface area contributed by atoms with E-state index in [1.54, 1.807) is 0 Å². The molecule has 1 aromatic rings. The highest BCUT2D eigenvalue weighted by atomic mass is 79.9. The van der Waals surface area contributed by atoms with Crippen LogP contribution in [0, 0.1) is 6.92 Å². The minimum Gasteiger partial charge on any atom is -0.492 e. The molecule has 0 saturated heterocycles. The van der Waals surface area contributed by atoms with Gasteiger partial charge in [-0.1, -0.05) is 13.0 Å². The van der Waals surface area contributed by atoms with Crippen molar-refractivity contribution < 1.29 is 4.74 Å². The van der Waals surface area contributed by atoms with Crippen molar-refractivity contribution in [2.45, 2.75) is 26.7 Å². The van der Waals surface area contributed by atoms with E-state index in [9.17, 15) is 0 Å². The molecule has 0 fully saturated rings. The van der Waals surface area contributed by atoms with Gasteiger partial charge in [0.2, 0.25) is 0 Å². The van der Waals surface area contributed by atoms with Crippen molar-refractivity contribution >= 4 is 15.9 Å². The molecule has 3 heteroatoms. The first-order valence-electron chi connectivity index (χ1n) is 5.83. The Morgan fingerprint density at radius 2 is 2.12 bits per heavy atom. The van der Waals surface area contributed by atoms with Gasteiger partial charge in [0, 0.05) is 0 Å². The number of benzene rings is 1. The molecule has 1 N–H and O–H groups in total. The molecular weight excluding hydrogens is 266 g/mol. The van der Waals surface area contributed by atoms with Crippen molar-refractivity contribution in [1.29, 1.82) is 0 Å². The minimum atomic E-state index is 0.762. The fraction of sp³-hybridized carbons (Fsp3) is 0.538. The smallest absolute Gasteiger partial charge is 0.133 e. The fourth-order valence-corrected chi connectivity index (χ4v) is 2.01. The maximum Gasteiger partial charge on any atom is 0.133 e. The van der Waals surface area contributed by atoms with Crippen LogP contribution in [0.1, 0.15) is 25.3 Å². The Morgan fingerprint density at radius 1 is 1.31 bits per heavy atom. The topological polar surface area (TPSA) is 21.3 Å². The van der Waals surface area contributed by atoms with E-state index < -0.39 is 0 Å². The molecule has 0 saturated carbocycles. The highest BCUT2D eigenvalue weighted by molar-refractivity contribution is 9.10. The van der Waals surface area contributed by atoms with Gasteiger partial charge in [0.1, 0.15) is 5.75 Å². The van der Waals surface area contributed by atoms with E-state index in [1.807, 2.05) is 6.07 Å². The molecular formula is C13H20BrNO. The van der Waals surface area contributed by atoms with Gasteiger partial charge in [-0.2, -0.15) is 0 Å². The number of halogens is 1. The Bertz CT molecular complexity index is 315. The summed E-state index contributed by atoms with van der Waals surface area (Å²) in [5.74, 6) is 0.932. The van der Waals surface area contributed by atoms with Crippen molar-refractivity contribution in [2.75, 3.05) is 19.7 Å². The van der Waals surface area contributed by atoms with Crippen molar-refractivity contribution in [1.82, 2.24) is 5.32 Å². The van der Waals surface area contributed by atoms with Gasteiger partial charge in [-0.25, -0.2) is 0 Å². The molecule has 0 aliphatic heterocycles. The van der Waals surface area contributed by atoms with E-state index in [1.165, 1.54) is 12.0 Å². The summed E-state index contributed by atoms with van der Waals surface area (Å²) < 4.78 is 6.72. The van der Waals surface area contributed by atoms with E-state index in [-0.39, 0.29) is 0 Å². The lowest BCUT2D eigenvalue weighted by Crippen LogP contribution is -2.18. The highest BCUT2D eigenvalue weighted by Gasteiger charge is 2.00. The third-order valence-electron chi connectivity index (χ3n) is 2.27. The lowest BCUT2D eigenvalue weighted by Gasteiger charge is -2.09. The summed E-state index contributed by atoms with van der Waals surface area (Å²) >= 11 is 3.50. The predicted octanol–water partition coefficient (Wildman–Crippen LogP) is 3.53. The first-order chi connectivity index (χ1) is 7.74. The van der Waals surface area contributed by atoms with Crippen molar-refractivity contribution in [3.63, 3.8) is 0 Å². The summed E-state index contributed by atoms with van der Waals surface area (Å²) in [6, 6.07) is 6.15. The molecule has 0 radical (unpaired) electrons. The van der Waals surface area contributed by atoms with Crippen LogP contribution < -0.4 is 10.1 Å². The van der Waals surface area contributed by atoms with E-state index in [4.69, 9.17) is 4.74 Å². The predicted molar refractivity (Wildman–Crippen MR) is 72.2 cm³/mol. The molecule has 0 atom stereocenters. The number of hydrogen-bond donors (Lipinski definition) is 1. The average Bonchev–Trinajstić information content (AvgIpc) is 2.26. The second kappa shape index (κ2) is 7.69. The Balaban J connectivity index is 2.21. The molecule has 90 valence electrons. The maximum atomic E-state index is 5.69. The number of ether oxygens (including phenoxy) is 1. The number of hydrogen-bond acceptors (Lipinski definition) is 2. The second-order valence-corrected chi connectivity index (χ2v) is 4.74. The van der Waals surface area contributed by atoms with Crippen LogP contribution in [0.3, 0.4) is 0 Å². The number of rotatable bonds is 7. The van der Waals surface area contributed by atoms with Crippen LogP contribution in [0.15, 0.2) is 22.7 Å². The molecule has 0 aliphatic rings. The van der Waals surface area contributed by atoms with Crippen molar-refractivity contribution in [3.8, 4) is 5.75 Å². The summed E-state index contributed by atoms with van der Waals surface area (Å²) in [4.78, 5) is 0. The standard InChI is InChI=1S/C13H20BrNO/c1-3-7-15-8-4-9-16-13-6-5-11(2)10-12(13)14/h5-6,10,15H,3-4,7-9H2,1-2H3. The first kappa shape index (κ1) is 13.5. The maximum absolute atomic E-state index is 5.69. The largest absolute Gasteiger partial charge is 0.492 e. The van der Waals surface area contributed by atoms with Crippen LogP contribution in [0.5, 0.6) is 5.75 Å². The third-order valence-corrected chi connectivity index (χ3v) is 2.89. The minimum absolute atomic E-state index is 0.762. The second-order valence-electron chi connectivity index (χ2n) is 3.89. The summed E-state index contributed by atoms with van der Waals surface area (Å²) in [5.41, 5.74) is 1.24. The van der Waals surface area contributed by atoms with Crippen LogP contribution in [0.25, 0.3) is 0 Å². The van der Waals surface area contributed by atoms with Gasteiger partial charge in [0.05, 0.1) is 11.1 Å². The van der Waals surface area contributed by atoms with E-state index >= 15 is 0 Å². The SMILES string of the molecule is CCCNCCCOc1ccc(C)cc1Br. The number of nitrogens with one attached hydrogen (secondary N) is 1. The molecule has 16 heavy (non-hydrogen) atoms. The quantitative estimate of drug-likeness (QED) is 0.774. The molecule has 0 unspecified atom stereocenters. The number of aryl methyl sites for hydroxylation is 1. The molecule has 2 nitrogen and oxygen atoms in total. The molecule has 0 amide bonds. The lowest BCUT2D eigenvalue weighted by atomic mass is 10.2. The Labute approximate surface area is 107 Å². The molecule has 0 aliphatic carbocycles. The van der Waals surface area contributed by atoms with Gasteiger partial charge in [0.15, 0.2) is 0 Å². The molecule has 0 heterocycles. The zero-order valence-corrected chi connectivity index (χ0v) is 11.6. The van der Waals surface area contributed by atoms with E-state index in [2.05, 4.69) is 47.2 Å². The van der Waals surface area contributed by atoms with Gasteiger partial charge in [-0.3, -0.25) is 0 Å². The third kappa shape index (κ3) is 4.99. The lowest BCUT2D eigenvalue weighted by molar-refractivity contribution is 0.306. The Morgan fingerprint density at radius 3 is 2.81 bits per heavy atom. The average molecular weight is 286 g/mol. The summed E-state index contributed by atoms with van der Waals surface area (Å²) in [6.07, 6.45) is 2.23. The van der Waals surface area contributed by atoms with Crippen LogP contribution in [0.2, 0.25) is 0 Å². The summed E-state index contributed by atoms with van der Waals surface area (Å²) in [7, 11) is 0. The summed E-state index contributed by atoms with van der Waals surface area (Å²) in [6.45, 7) is 7.13. The fourth-order valence-electron chi connectivity index (χ4n) is 1.40. The molecule has 0 spiro atoms. The molecule has 0 aromatic heterocycles. The van der Waals surface area contributed by atoms with Gasteiger partial charge < -0.3 is 10.1 Å². The van der Waals surface area contributed by atoms with Gasteiger partial charge in [-0.05, 0) is 66.5 Å². The monoisotopic (exact) mass is 285 g/mol. The first-order valence-corrected chi connectivity index (χ1v) is 6.63.